The van der Waals surface area contributed by atoms with Gasteiger partial charge in [0.05, 0.1) is 6.61 Å². The summed E-state index contributed by atoms with van der Waals surface area (Å²) in [4.78, 5) is 6.79. The number of aromatic nitrogens is 1. The molecule has 102 valence electrons. The first-order valence-electron chi connectivity index (χ1n) is 6.58. The van der Waals surface area contributed by atoms with Crippen LogP contribution in [-0.4, -0.2) is 31.8 Å². The van der Waals surface area contributed by atoms with E-state index in [1.54, 1.807) is 0 Å². The number of ether oxygens (including phenoxy) is 1. The van der Waals surface area contributed by atoms with Crippen LogP contribution in [0, 0.1) is 0 Å². The van der Waals surface area contributed by atoms with Gasteiger partial charge in [0, 0.05) is 32.4 Å². The van der Waals surface area contributed by atoms with Gasteiger partial charge >= 0.3 is 0 Å². The van der Waals surface area contributed by atoms with Crippen molar-refractivity contribution in [2.75, 3.05) is 31.7 Å². The molecule has 0 aliphatic rings. The molecule has 1 rings (SSSR count). The zero-order valence-corrected chi connectivity index (χ0v) is 11.9. The predicted molar refractivity (Wildman–Crippen MR) is 76.0 cm³/mol. The number of nitrogens with two attached hydrogens (primary N) is 1. The van der Waals surface area contributed by atoms with E-state index in [4.69, 9.17) is 10.5 Å². The van der Waals surface area contributed by atoms with E-state index in [1.165, 1.54) is 0 Å². The van der Waals surface area contributed by atoms with Crippen molar-refractivity contribution in [3.05, 3.63) is 23.4 Å². The first-order chi connectivity index (χ1) is 8.58. The maximum Gasteiger partial charge on any atom is 0.128 e. The zero-order chi connectivity index (χ0) is 13.5. The Bertz CT molecular complexity index is 366. The summed E-state index contributed by atoms with van der Waals surface area (Å²) in [6, 6.07) is 4.14. The summed E-state index contributed by atoms with van der Waals surface area (Å²) in [5.74, 6) is 1.39. The van der Waals surface area contributed by atoms with Crippen LogP contribution in [0.5, 0.6) is 0 Å². The van der Waals surface area contributed by atoms with Crippen molar-refractivity contribution in [2.24, 2.45) is 5.73 Å². The standard InChI is InChI=1S/C14H25N3O/c1-5-18-7-6-17(4)14-9-12(10-15)8-13(16-14)11(2)3/h8-9,11H,5-7,10,15H2,1-4H3. The fourth-order valence-corrected chi connectivity index (χ4v) is 1.66. The van der Waals surface area contributed by atoms with Crippen molar-refractivity contribution in [3.63, 3.8) is 0 Å². The number of likely N-dealkylation sites (N-methyl/N-ethyl adjacent to an activating group) is 1. The minimum Gasteiger partial charge on any atom is -0.380 e. The molecule has 0 spiro atoms. The van der Waals surface area contributed by atoms with Crippen LogP contribution in [0.25, 0.3) is 0 Å². The molecule has 0 aliphatic carbocycles. The predicted octanol–water partition coefficient (Wildman–Crippen LogP) is 2.14. The van der Waals surface area contributed by atoms with Gasteiger partial charge in [0.25, 0.3) is 0 Å². The largest absolute Gasteiger partial charge is 0.380 e. The highest BCUT2D eigenvalue weighted by atomic mass is 16.5. The summed E-state index contributed by atoms with van der Waals surface area (Å²) in [6.07, 6.45) is 0. The average Bonchev–Trinajstić information content (AvgIpc) is 2.38. The molecule has 0 saturated carbocycles. The molecule has 0 unspecified atom stereocenters. The second-order valence-electron chi connectivity index (χ2n) is 4.74. The summed E-state index contributed by atoms with van der Waals surface area (Å²) in [5.41, 5.74) is 7.96. The van der Waals surface area contributed by atoms with E-state index in [2.05, 4.69) is 35.9 Å². The van der Waals surface area contributed by atoms with Crippen LogP contribution < -0.4 is 10.6 Å². The summed E-state index contributed by atoms with van der Waals surface area (Å²) in [6.45, 7) is 9.16. The summed E-state index contributed by atoms with van der Waals surface area (Å²) >= 11 is 0. The van der Waals surface area contributed by atoms with Crippen LogP contribution in [0.4, 0.5) is 5.82 Å². The smallest absolute Gasteiger partial charge is 0.128 e. The van der Waals surface area contributed by atoms with E-state index in [0.29, 0.717) is 12.5 Å². The summed E-state index contributed by atoms with van der Waals surface area (Å²) < 4.78 is 5.37. The lowest BCUT2D eigenvalue weighted by Gasteiger charge is -2.20. The normalized spacial score (nSPS) is 11.0. The van der Waals surface area contributed by atoms with E-state index < -0.39 is 0 Å². The van der Waals surface area contributed by atoms with Crippen molar-refractivity contribution in [3.8, 4) is 0 Å². The summed E-state index contributed by atoms with van der Waals surface area (Å²) in [5, 5.41) is 0. The highest BCUT2D eigenvalue weighted by Crippen LogP contribution is 2.19. The van der Waals surface area contributed by atoms with Gasteiger partial charge in [-0.1, -0.05) is 13.8 Å². The molecule has 4 heteroatoms. The highest BCUT2D eigenvalue weighted by molar-refractivity contribution is 5.42. The maximum absolute atomic E-state index is 5.74. The second kappa shape index (κ2) is 7.34. The van der Waals surface area contributed by atoms with E-state index >= 15 is 0 Å². The topological polar surface area (TPSA) is 51.4 Å². The Balaban J connectivity index is 2.82. The third-order valence-corrected chi connectivity index (χ3v) is 2.88. The molecular weight excluding hydrogens is 226 g/mol. The molecule has 0 saturated heterocycles. The third-order valence-electron chi connectivity index (χ3n) is 2.88. The molecule has 0 fully saturated rings. The first-order valence-corrected chi connectivity index (χ1v) is 6.58. The molecule has 1 aromatic rings. The maximum atomic E-state index is 5.74. The lowest BCUT2D eigenvalue weighted by atomic mass is 10.1. The van der Waals surface area contributed by atoms with Crippen LogP contribution in [-0.2, 0) is 11.3 Å². The minimum atomic E-state index is 0.413. The average molecular weight is 251 g/mol. The van der Waals surface area contributed by atoms with Gasteiger partial charge in [0.2, 0.25) is 0 Å². The number of hydrogen-bond acceptors (Lipinski definition) is 4. The Morgan fingerprint density at radius 3 is 2.67 bits per heavy atom. The monoisotopic (exact) mass is 251 g/mol. The molecule has 0 atom stereocenters. The molecule has 0 amide bonds. The van der Waals surface area contributed by atoms with E-state index in [-0.39, 0.29) is 0 Å². The highest BCUT2D eigenvalue weighted by Gasteiger charge is 2.08. The van der Waals surface area contributed by atoms with Crippen molar-refractivity contribution < 1.29 is 4.74 Å². The Morgan fingerprint density at radius 2 is 2.11 bits per heavy atom. The molecule has 1 heterocycles. The quantitative estimate of drug-likeness (QED) is 0.754. The van der Waals surface area contributed by atoms with Crippen LogP contribution in [0.15, 0.2) is 12.1 Å². The Labute approximate surface area is 110 Å². The molecule has 0 bridgehead atoms. The minimum absolute atomic E-state index is 0.413. The van der Waals surface area contributed by atoms with Crippen molar-refractivity contribution >= 4 is 5.82 Å². The number of hydrogen-bond donors (Lipinski definition) is 1. The fraction of sp³-hybridized carbons (Fsp3) is 0.643. The molecule has 0 radical (unpaired) electrons. The lowest BCUT2D eigenvalue weighted by Crippen LogP contribution is -2.24. The van der Waals surface area contributed by atoms with Crippen molar-refractivity contribution in [1.29, 1.82) is 0 Å². The van der Waals surface area contributed by atoms with Crippen LogP contribution in [0.3, 0.4) is 0 Å². The Kier molecular flexibility index (Phi) is 6.09. The van der Waals surface area contributed by atoms with Gasteiger partial charge < -0.3 is 15.4 Å². The molecule has 0 aromatic carbocycles. The number of nitrogens with zero attached hydrogens (tertiary/aromatic N) is 2. The molecule has 4 nitrogen and oxygen atoms in total. The third kappa shape index (κ3) is 4.27. The van der Waals surface area contributed by atoms with Crippen LogP contribution in [0.1, 0.15) is 37.9 Å². The SMILES string of the molecule is CCOCCN(C)c1cc(CN)cc(C(C)C)n1. The van der Waals surface area contributed by atoms with Gasteiger partial charge in [-0.3, -0.25) is 0 Å². The van der Waals surface area contributed by atoms with Crippen molar-refractivity contribution in [2.45, 2.75) is 33.2 Å². The molecule has 2 N–H and O–H groups in total. The fourth-order valence-electron chi connectivity index (χ4n) is 1.66. The van der Waals surface area contributed by atoms with Gasteiger partial charge in [-0.2, -0.15) is 0 Å². The molecule has 18 heavy (non-hydrogen) atoms. The molecule has 0 aliphatic heterocycles. The van der Waals surface area contributed by atoms with Gasteiger partial charge in [-0.05, 0) is 30.5 Å². The Hall–Kier alpha value is -1.13. The lowest BCUT2D eigenvalue weighted by molar-refractivity contribution is 0.154. The Morgan fingerprint density at radius 1 is 1.39 bits per heavy atom. The van der Waals surface area contributed by atoms with Gasteiger partial charge in [0.15, 0.2) is 0 Å². The van der Waals surface area contributed by atoms with E-state index in [9.17, 15) is 0 Å². The number of anilines is 1. The number of rotatable bonds is 7. The first kappa shape index (κ1) is 14.9. The van der Waals surface area contributed by atoms with Crippen LogP contribution >= 0.6 is 0 Å². The molecular formula is C14H25N3O. The van der Waals surface area contributed by atoms with Gasteiger partial charge in [0.1, 0.15) is 5.82 Å². The van der Waals surface area contributed by atoms with Crippen LogP contribution in [0.2, 0.25) is 0 Å². The zero-order valence-electron chi connectivity index (χ0n) is 11.9. The van der Waals surface area contributed by atoms with Crippen molar-refractivity contribution in [1.82, 2.24) is 4.98 Å². The summed E-state index contributed by atoms with van der Waals surface area (Å²) in [7, 11) is 2.03. The second-order valence-corrected chi connectivity index (χ2v) is 4.74. The van der Waals surface area contributed by atoms with E-state index in [1.807, 2.05) is 14.0 Å². The number of pyridine rings is 1. The van der Waals surface area contributed by atoms with Gasteiger partial charge in [-0.15, -0.1) is 0 Å². The van der Waals surface area contributed by atoms with E-state index in [0.717, 1.165) is 36.8 Å². The molecule has 1 aromatic heterocycles. The van der Waals surface area contributed by atoms with Gasteiger partial charge in [-0.25, -0.2) is 4.98 Å².